The van der Waals surface area contributed by atoms with Crippen molar-refractivity contribution in [3.8, 4) is 0 Å². The Balaban J connectivity index is 2.75. The second-order valence-corrected chi connectivity index (χ2v) is 4.79. The number of aliphatic hydroxyl groups is 1. The standard InChI is InChI=1S/C11H17NOS/c1-8(13)9(2)14-11-6-4-3-5-10(11)7-12/h3-6,8-9,13H,7,12H2,1-2H3. The van der Waals surface area contributed by atoms with Gasteiger partial charge in [-0.1, -0.05) is 25.1 Å². The highest BCUT2D eigenvalue weighted by atomic mass is 32.2. The van der Waals surface area contributed by atoms with Crippen molar-refractivity contribution < 1.29 is 5.11 Å². The molecule has 0 spiro atoms. The maximum atomic E-state index is 9.39. The van der Waals surface area contributed by atoms with Crippen molar-refractivity contribution in [3.63, 3.8) is 0 Å². The van der Waals surface area contributed by atoms with Crippen LogP contribution in [0.1, 0.15) is 19.4 Å². The van der Waals surface area contributed by atoms with Gasteiger partial charge in [0.05, 0.1) is 6.10 Å². The van der Waals surface area contributed by atoms with Crippen molar-refractivity contribution in [2.24, 2.45) is 5.73 Å². The van der Waals surface area contributed by atoms with Gasteiger partial charge in [0.25, 0.3) is 0 Å². The number of hydrogen-bond donors (Lipinski definition) is 2. The van der Waals surface area contributed by atoms with E-state index in [1.165, 1.54) is 4.90 Å². The molecule has 0 fully saturated rings. The van der Waals surface area contributed by atoms with E-state index in [1.54, 1.807) is 11.8 Å². The summed E-state index contributed by atoms with van der Waals surface area (Å²) in [6.07, 6.45) is -0.300. The SMILES string of the molecule is CC(O)C(C)Sc1ccccc1CN. The Kier molecular flexibility index (Phi) is 4.45. The summed E-state index contributed by atoms with van der Waals surface area (Å²) < 4.78 is 0. The van der Waals surface area contributed by atoms with Gasteiger partial charge in [-0.05, 0) is 18.6 Å². The zero-order valence-corrected chi connectivity index (χ0v) is 9.42. The van der Waals surface area contributed by atoms with Crippen LogP contribution in [0.2, 0.25) is 0 Å². The predicted molar refractivity (Wildman–Crippen MR) is 61.3 cm³/mol. The first kappa shape index (κ1) is 11.6. The molecule has 0 bridgehead atoms. The van der Waals surface area contributed by atoms with Crippen LogP contribution in [-0.2, 0) is 6.54 Å². The first-order valence-electron chi connectivity index (χ1n) is 4.78. The van der Waals surface area contributed by atoms with Crippen molar-refractivity contribution in [3.05, 3.63) is 29.8 Å². The average molecular weight is 211 g/mol. The van der Waals surface area contributed by atoms with E-state index in [0.717, 1.165) is 5.56 Å². The molecule has 2 atom stereocenters. The van der Waals surface area contributed by atoms with Gasteiger partial charge in [-0.3, -0.25) is 0 Å². The van der Waals surface area contributed by atoms with E-state index in [-0.39, 0.29) is 11.4 Å². The molecule has 0 aliphatic rings. The van der Waals surface area contributed by atoms with Crippen LogP contribution in [0.4, 0.5) is 0 Å². The van der Waals surface area contributed by atoms with Crippen LogP contribution in [0.25, 0.3) is 0 Å². The quantitative estimate of drug-likeness (QED) is 0.749. The summed E-state index contributed by atoms with van der Waals surface area (Å²) in [5, 5.41) is 9.59. The van der Waals surface area contributed by atoms with Gasteiger partial charge < -0.3 is 10.8 Å². The van der Waals surface area contributed by atoms with Crippen LogP contribution in [-0.4, -0.2) is 16.5 Å². The summed E-state index contributed by atoms with van der Waals surface area (Å²) in [7, 11) is 0. The van der Waals surface area contributed by atoms with E-state index in [0.29, 0.717) is 6.54 Å². The molecule has 0 heterocycles. The molecule has 0 radical (unpaired) electrons. The highest BCUT2D eigenvalue weighted by Gasteiger charge is 2.11. The molecule has 0 saturated carbocycles. The van der Waals surface area contributed by atoms with E-state index in [1.807, 2.05) is 38.1 Å². The molecule has 0 aliphatic carbocycles. The third-order valence-corrected chi connectivity index (χ3v) is 3.60. The van der Waals surface area contributed by atoms with Crippen LogP contribution in [0, 0.1) is 0 Å². The normalized spacial score (nSPS) is 15.1. The first-order valence-corrected chi connectivity index (χ1v) is 5.65. The van der Waals surface area contributed by atoms with Crippen LogP contribution < -0.4 is 5.73 Å². The van der Waals surface area contributed by atoms with Gasteiger partial charge in [-0.15, -0.1) is 11.8 Å². The lowest BCUT2D eigenvalue weighted by Crippen LogP contribution is -2.15. The molecule has 0 aromatic heterocycles. The van der Waals surface area contributed by atoms with Gasteiger partial charge in [0.2, 0.25) is 0 Å². The van der Waals surface area contributed by atoms with E-state index in [2.05, 4.69) is 0 Å². The monoisotopic (exact) mass is 211 g/mol. The lowest BCUT2D eigenvalue weighted by molar-refractivity contribution is 0.196. The number of aliphatic hydroxyl groups excluding tert-OH is 1. The molecular weight excluding hydrogens is 194 g/mol. The van der Waals surface area contributed by atoms with Gasteiger partial charge in [-0.25, -0.2) is 0 Å². The van der Waals surface area contributed by atoms with Gasteiger partial charge in [0.15, 0.2) is 0 Å². The maximum absolute atomic E-state index is 9.39. The smallest absolute Gasteiger partial charge is 0.0631 e. The molecule has 0 saturated heterocycles. The third kappa shape index (κ3) is 3.01. The topological polar surface area (TPSA) is 46.2 Å². The summed E-state index contributed by atoms with van der Waals surface area (Å²) >= 11 is 1.67. The van der Waals surface area contributed by atoms with Crippen molar-refractivity contribution in [2.45, 2.75) is 36.6 Å². The molecule has 2 nitrogen and oxygen atoms in total. The fourth-order valence-corrected chi connectivity index (χ4v) is 2.14. The molecule has 78 valence electrons. The van der Waals surface area contributed by atoms with Crippen LogP contribution in [0.3, 0.4) is 0 Å². The minimum Gasteiger partial charge on any atom is -0.392 e. The average Bonchev–Trinajstić information content (AvgIpc) is 2.18. The molecule has 0 amide bonds. The minimum absolute atomic E-state index is 0.197. The van der Waals surface area contributed by atoms with Gasteiger partial charge in [-0.2, -0.15) is 0 Å². The van der Waals surface area contributed by atoms with Crippen molar-refractivity contribution in [1.82, 2.24) is 0 Å². The lowest BCUT2D eigenvalue weighted by atomic mass is 10.2. The van der Waals surface area contributed by atoms with Gasteiger partial charge in [0.1, 0.15) is 0 Å². The van der Waals surface area contributed by atoms with Gasteiger partial charge in [0, 0.05) is 16.7 Å². The minimum atomic E-state index is -0.300. The number of thioether (sulfide) groups is 1. The van der Waals surface area contributed by atoms with Crippen molar-refractivity contribution >= 4 is 11.8 Å². The Morgan fingerprint density at radius 1 is 1.36 bits per heavy atom. The van der Waals surface area contributed by atoms with Crippen LogP contribution in [0.5, 0.6) is 0 Å². The fourth-order valence-electron chi connectivity index (χ4n) is 1.09. The highest BCUT2D eigenvalue weighted by Crippen LogP contribution is 2.27. The molecule has 1 aromatic rings. The van der Waals surface area contributed by atoms with Crippen LogP contribution in [0.15, 0.2) is 29.2 Å². The fraction of sp³-hybridized carbons (Fsp3) is 0.455. The molecule has 1 aromatic carbocycles. The summed E-state index contributed by atoms with van der Waals surface area (Å²) in [6.45, 7) is 4.38. The third-order valence-electron chi connectivity index (χ3n) is 2.18. The summed E-state index contributed by atoms with van der Waals surface area (Å²) in [5.41, 5.74) is 6.77. The predicted octanol–water partition coefficient (Wildman–Crippen LogP) is 2.01. The van der Waals surface area contributed by atoms with E-state index in [9.17, 15) is 5.11 Å². The molecule has 1 rings (SSSR count). The summed E-state index contributed by atoms with van der Waals surface area (Å²) in [5.74, 6) is 0. The van der Waals surface area contributed by atoms with E-state index >= 15 is 0 Å². The van der Waals surface area contributed by atoms with Gasteiger partial charge >= 0.3 is 0 Å². The maximum Gasteiger partial charge on any atom is 0.0631 e. The zero-order chi connectivity index (χ0) is 10.6. The Bertz CT molecular complexity index is 288. The van der Waals surface area contributed by atoms with Crippen molar-refractivity contribution in [1.29, 1.82) is 0 Å². The molecule has 14 heavy (non-hydrogen) atoms. The number of rotatable bonds is 4. The molecule has 3 N–H and O–H groups in total. The second-order valence-electron chi connectivity index (χ2n) is 3.38. The number of benzene rings is 1. The highest BCUT2D eigenvalue weighted by molar-refractivity contribution is 8.00. The number of nitrogens with two attached hydrogens (primary N) is 1. The van der Waals surface area contributed by atoms with Crippen molar-refractivity contribution in [2.75, 3.05) is 0 Å². The summed E-state index contributed by atoms with van der Waals surface area (Å²) in [6, 6.07) is 8.05. The lowest BCUT2D eigenvalue weighted by Gasteiger charge is -2.15. The Hall–Kier alpha value is -0.510. The molecule has 0 aliphatic heterocycles. The molecule has 3 heteroatoms. The van der Waals surface area contributed by atoms with E-state index in [4.69, 9.17) is 5.73 Å². The largest absolute Gasteiger partial charge is 0.392 e. The Morgan fingerprint density at radius 3 is 2.57 bits per heavy atom. The molecular formula is C11H17NOS. The van der Waals surface area contributed by atoms with E-state index < -0.39 is 0 Å². The molecule has 2 unspecified atom stereocenters. The Labute approximate surface area is 89.5 Å². The van der Waals surface area contributed by atoms with Crippen LogP contribution >= 0.6 is 11.8 Å². The summed E-state index contributed by atoms with van der Waals surface area (Å²) in [4.78, 5) is 1.17. The number of hydrogen-bond acceptors (Lipinski definition) is 3. The zero-order valence-electron chi connectivity index (χ0n) is 8.60. The second kappa shape index (κ2) is 5.39. The Morgan fingerprint density at radius 2 is 2.00 bits per heavy atom. The first-order chi connectivity index (χ1) is 6.65.